The van der Waals surface area contributed by atoms with E-state index in [1.54, 1.807) is 11.3 Å². The number of rotatable bonds is 2. The molecule has 1 heterocycles. The molecule has 0 amide bonds. The molecular weight excluding hydrogens is 300 g/mol. The molecule has 1 aliphatic carbocycles. The second-order valence-electron chi connectivity index (χ2n) is 4.27. The first kappa shape index (κ1) is 11.2. The summed E-state index contributed by atoms with van der Waals surface area (Å²) in [7, 11) is 1.41. The minimum atomic E-state index is -0.268. The molecule has 0 radical (unpaired) electrons. The van der Waals surface area contributed by atoms with Crippen molar-refractivity contribution in [2.75, 3.05) is 7.11 Å². The Morgan fingerprint density at radius 2 is 2.24 bits per heavy atom. The molecule has 0 aliphatic heterocycles. The summed E-state index contributed by atoms with van der Waals surface area (Å²) in [6.07, 6.45) is 2.51. The maximum absolute atomic E-state index is 11.5. The summed E-state index contributed by atoms with van der Waals surface area (Å²) in [4.78, 5) is 11.5. The number of halogens is 1. The fourth-order valence-corrected chi connectivity index (χ4v) is 4.14. The van der Waals surface area contributed by atoms with Crippen molar-refractivity contribution in [1.82, 2.24) is 0 Å². The quantitative estimate of drug-likeness (QED) is 0.772. The van der Waals surface area contributed by atoms with Crippen LogP contribution in [0.2, 0.25) is 0 Å². The molecule has 3 rings (SSSR count). The van der Waals surface area contributed by atoms with E-state index < -0.39 is 0 Å². The standard InChI is InChI=1S/C13H11BrO2S/c1-16-13(15)8-4-5-10-9(6-8)11(7-2-3-7)12(14)17-10/h4-7H,2-3H2,1H3. The van der Waals surface area contributed by atoms with Gasteiger partial charge in [0.2, 0.25) is 0 Å². The highest BCUT2D eigenvalue weighted by atomic mass is 79.9. The topological polar surface area (TPSA) is 26.3 Å². The normalized spacial score (nSPS) is 15.2. The van der Waals surface area contributed by atoms with E-state index in [2.05, 4.69) is 15.9 Å². The molecule has 0 N–H and O–H groups in total. The third-order valence-electron chi connectivity index (χ3n) is 3.09. The van der Waals surface area contributed by atoms with Crippen LogP contribution in [0.15, 0.2) is 22.0 Å². The zero-order chi connectivity index (χ0) is 12.0. The van der Waals surface area contributed by atoms with E-state index in [-0.39, 0.29) is 5.97 Å². The van der Waals surface area contributed by atoms with Gasteiger partial charge in [0, 0.05) is 4.70 Å². The van der Waals surface area contributed by atoms with Crippen LogP contribution in [0.25, 0.3) is 10.1 Å². The van der Waals surface area contributed by atoms with Crippen LogP contribution >= 0.6 is 27.3 Å². The van der Waals surface area contributed by atoms with Crippen molar-refractivity contribution in [2.24, 2.45) is 0 Å². The fourth-order valence-electron chi connectivity index (χ4n) is 2.08. The Hall–Kier alpha value is -0.870. The second-order valence-corrected chi connectivity index (χ2v) is 6.64. The molecule has 0 bridgehead atoms. The Labute approximate surface area is 112 Å². The smallest absolute Gasteiger partial charge is 0.337 e. The summed E-state index contributed by atoms with van der Waals surface area (Å²) in [5.41, 5.74) is 2.00. The number of carbonyl (C=O) groups excluding carboxylic acids is 1. The Morgan fingerprint density at radius 3 is 2.88 bits per heavy atom. The van der Waals surface area contributed by atoms with E-state index in [4.69, 9.17) is 4.74 Å². The van der Waals surface area contributed by atoms with Crippen molar-refractivity contribution in [3.05, 3.63) is 33.1 Å². The van der Waals surface area contributed by atoms with Gasteiger partial charge in [0.1, 0.15) is 0 Å². The molecule has 1 aromatic carbocycles. The Balaban J connectivity index is 2.19. The molecule has 0 unspecified atom stereocenters. The molecule has 1 aromatic heterocycles. The molecule has 2 aromatic rings. The first-order valence-electron chi connectivity index (χ1n) is 5.51. The maximum atomic E-state index is 11.5. The van der Waals surface area contributed by atoms with Crippen LogP contribution in [0, 0.1) is 0 Å². The molecule has 0 spiro atoms. The van der Waals surface area contributed by atoms with Gasteiger partial charge in [-0.2, -0.15) is 0 Å². The van der Waals surface area contributed by atoms with Crippen LogP contribution in [0.4, 0.5) is 0 Å². The number of ether oxygens (including phenoxy) is 1. The molecular formula is C13H11BrO2S. The SMILES string of the molecule is COC(=O)c1ccc2sc(Br)c(C3CC3)c2c1. The molecule has 1 saturated carbocycles. The maximum Gasteiger partial charge on any atom is 0.337 e. The zero-order valence-electron chi connectivity index (χ0n) is 9.33. The number of benzene rings is 1. The predicted octanol–water partition coefficient (Wildman–Crippen LogP) is 4.33. The second kappa shape index (κ2) is 4.10. The van der Waals surface area contributed by atoms with E-state index in [1.165, 1.54) is 39.4 Å². The molecule has 1 fully saturated rings. The molecule has 1 aliphatic rings. The molecule has 0 atom stereocenters. The van der Waals surface area contributed by atoms with E-state index >= 15 is 0 Å². The molecule has 2 nitrogen and oxygen atoms in total. The van der Waals surface area contributed by atoms with Gasteiger partial charge in [-0.25, -0.2) is 4.79 Å². The first-order chi connectivity index (χ1) is 8.20. The monoisotopic (exact) mass is 310 g/mol. The lowest BCUT2D eigenvalue weighted by Gasteiger charge is -2.01. The van der Waals surface area contributed by atoms with Crippen LogP contribution in [-0.2, 0) is 4.74 Å². The summed E-state index contributed by atoms with van der Waals surface area (Å²) >= 11 is 5.37. The Morgan fingerprint density at radius 1 is 1.47 bits per heavy atom. The van der Waals surface area contributed by atoms with Crippen LogP contribution < -0.4 is 0 Å². The van der Waals surface area contributed by atoms with Crippen LogP contribution in [0.3, 0.4) is 0 Å². The van der Waals surface area contributed by atoms with Gasteiger partial charge in [-0.1, -0.05) is 0 Å². The van der Waals surface area contributed by atoms with E-state index in [9.17, 15) is 4.79 Å². The minimum Gasteiger partial charge on any atom is -0.465 e. The lowest BCUT2D eigenvalue weighted by molar-refractivity contribution is 0.0601. The average Bonchev–Trinajstić information content (AvgIpc) is 3.10. The Kier molecular flexibility index (Phi) is 2.71. The number of methoxy groups -OCH3 is 1. The number of esters is 1. The predicted molar refractivity (Wildman–Crippen MR) is 72.8 cm³/mol. The van der Waals surface area contributed by atoms with Crippen molar-refractivity contribution in [3.8, 4) is 0 Å². The van der Waals surface area contributed by atoms with Gasteiger partial charge in [-0.05, 0) is 63.8 Å². The average molecular weight is 311 g/mol. The third kappa shape index (κ3) is 1.89. The lowest BCUT2D eigenvalue weighted by atomic mass is 10.1. The van der Waals surface area contributed by atoms with Gasteiger partial charge >= 0.3 is 5.97 Å². The van der Waals surface area contributed by atoms with Crippen LogP contribution in [-0.4, -0.2) is 13.1 Å². The lowest BCUT2D eigenvalue weighted by Crippen LogP contribution is -2.00. The summed E-state index contributed by atoms with van der Waals surface area (Å²) < 4.78 is 7.19. The first-order valence-corrected chi connectivity index (χ1v) is 7.12. The highest BCUT2D eigenvalue weighted by Crippen LogP contribution is 2.50. The number of fused-ring (bicyclic) bond motifs is 1. The summed E-state index contributed by atoms with van der Waals surface area (Å²) in [5, 5.41) is 1.20. The summed E-state index contributed by atoms with van der Waals surface area (Å²) in [6, 6.07) is 5.78. The summed E-state index contributed by atoms with van der Waals surface area (Å²) in [6.45, 7) is 0. The largest absolute Gasteiger partial charge is 0.465 e. The van der Waals surface area contributed by atoms with Crippen LogP contribution in [0.1, 0.15) is 34.7 Å². The van der Waals surface area contributed by atoms with Gasteiger partial charge in [0.05, 0.1) is 16.5 Å². The zero-order valence-corrected chi connectivity index (χ0v) is 11.7. The van der Waals surface area contributed by atoms with Crippen molar-refractivity contribution < 1.29 is 9.53 Å². The summed E-state index contributed by atoms with van der Waals surface area (Å²) in [5.74, 6) is 0.405. The molecule has 17 heavy (non-hydrogen) atoms. The van der Waals surface area contributed by atoms with Crippen LogP contribution in [0.5, 0.6) is 0 Å². The van der Waals surface area contributed by atoms with Gasteiger partial charge < -0.3 is 4.74 Å². The number of hydrogen-bond acceptors (Lipinski definition) is 3. The van der Waals surface area contributed by atoms with Crippen molar-refractivity contribution in [2.45, 2.75) is 18.8 Å². The highest BCUT2D eigenvalue weighted by Gasteiger charge is 2.29. The number of carbonyl (C=O) groups is 1. The highest BCUT2D eigenvalue weighted by molar-refractivity contribution is 9.11. The van der Waals surface area contributed by atoms with E-state index in [0.717, 1.165) is 0 Å². The van der Waals surface area contributed by atoms with Crippen molar-refractivity contribution in [3.63, 3.8) is 0 Å². The van der Waals surface area contributed by atoms with Gasteiger partial charge in [0.25, 0.3) is 0 Å². The van der Waals surface area contributed by atoms with Gasteiger partial charge in [-0.15, -0.1) is 11.3 Å². The minimum absolute atomic E-state index is 0.268. The molecule has 88 valence electrons. The molecule has 0 saturated heterocycles. The van der Waals surface area contributed by atoms with Crippen molar-refractivity contribution >= 4 is 43.3 Å². The number of hydrogen-bond donors (Lipinski definition) is 0. The van der Waals surface area contributed by atoms with E-state index in [0.29, 0.717) is 11.5 Å². The van der Waals surface area contributed by atoms with Gasteiger partial charge in [0.15, 0.2) is 0 Å². The third-order valence-corrected chi connectivity index (χ3v) is 4.98. The molecule has 4 heteroatoms. The van der Waals surface area contributed by atoms with E-state index in [1.807, 2.05) is 18.2 Å². The fraction of sp³-hybridized carbons (Fsp3) is 0.308. The Bertz CT molecular complexity index is 599. The van der Waals surface area contributed by atoms with Gasteiger partial charge in [-0.3, -0.25) is 0 Å². The van der Waals surface area contributed by atoms with Crippen molar-refractivity contribution in [1.29, 1.82) is 0 Å². The number of thiophene rings is 1.